The van der Waals surface area contributed by atoms with E-state index in [1.54, 1.807) is 6.20 Å². The minimum absolute atomic E-state index is 0.368. The van der Waals surface area contributed by atoms with Crippen molar-refractivity contribution in [2.45, 2.75) is 19.5 Å². The van der Waals surface area contributed by atoms with Crippen LogP contribution in [0.3, 0.4) is 0 Å². The normalized spacial score (nSPS) is 15.2. The van der Waals surface area contributed by atoms with Gasteiger partial charge in [-0.25, -0.2) is 0 Å². The van der Waals surface area contributed by atoms with Gasteiger partial charge in [-0.05, 0) is 30.7 Å². The minimum Gasteiger partial charge on any atom is -0.489 e. The van der Waals surface area contributed by atoms with Crippen LogP contribution in [-0.4, -0.2) is 29.0 Å². The fraction of sp³-hybridized carbons (Fsp3) is 0.312. The zero-order valence-electron chi connectivity index (χ0n) is 11.6. The van der Waals surface area contributed by atoms with E-state index in [-0.39, 0.29) is 0 Å². The van der Waals surface area contributed by atoms with E-state index >= 15 is 0 Å². The van der Waals surface area contributed by atoms with Crippen LogP contribution in [0.4, 0.5) is 0 Å². The molecule has 0 radical (unpaired) electrons. The summed E-state index contributed by atoms with van der Waals surface area (Å²) in [5.74, 6) is 0.973. The smallest absolute Gasteiger partial charge is 0.127 e. The second-order valence-electron chi connectivity index (χ2n) is 5.14. The van der Waals surface area contributed by atoms with E-state index < -0.39 is 0 Å². The molecule has 0 bridgehead atoms. The highest BCUT2D eigenvalue weighted by Gasteiger charge is 2.11. The molecule has 1 N–H and O–H groups in total. The van der Waals surface area contributed by atoms with E-state index in [4.69, 9.17) is 4.74 Å². The fourth-order valence-electron chi connectivity index (χ4n) is 2.32. The van der Waals surface area contributed by atoms with Crippen LogP contribution in [0.2, 0.25) is 0 Å². The van der Waals surface area contributed by atoms with Crippen molar-refractivity contribution in [3.05, 3.63) is 53.9 Å². The SMILES string of the molecule is C[C@H](Cn1cccn1)NCC1=Cc2ccccc2OC1. The summed E-state index contributed by atoms with van der Waals surface area (Å²) >= 11 is 0. The van der Waals surface area contributed by atoms with Crippen molar-refractivity contribution < 1.29 is 4.74 Å². The Morgan fingerprint density at radius 2 is 2.25 bits per heavy atom. The van der Waals surface area contributed by atoms with E-state index in [1.165, 1.54) is 5.57 Å². The van der Waals surface area contributed by atoms with Crippen molar-refractivity contribution in [1.82, 2.24) is 15.1 Å². The number of hydrogen-bond donors (Lipinski definition) is 1. The molecule has 4 heteroatoms. The maximum atomic E-state index is 5.75. The number of nitrogens with zero attached hydrogens (tertiary/aromatic N) is 2. The van der Waals surface area contributed by atoms with E-state index in [1.807, 2.05) is 35.1 Å². The van der Waals surface area contributed by atoms with Crippen LogP contribution >= 0.6 is 0 Å². The maximum absolute atomic E-state index is 5.75. The van der Waals surface area contributed by atoms with Gasteiger partial charge in [-0.2, -0.15) is 5.10 Å². The third-order valence-corrected chi connectivity index (χ3v) is 3.39. The third kappa shape index (κ3) is 3.08. The van der Waals surface area contributed by atoms with E-state index in [0.717, 1.165) is 24.4 Å². The van der Waals surface area contributed by atoms with Crippen LogP contribution in [0.15, 0.2) is 48.3 Å². The molecular formula is C16H19N3O. The molecular weight excluding hydrogens is 250 g/mol. The second-order valence-corrected chi connectivity index (χ2v) is 5.14. The van der Waals surface area contributed by atoms with Gasteiger partial charge in [0, 0.05) is 30.5 Å². The molecule has 4 nitrogen and oxygen atoms in total. The summed E-state index contributed by atoms with van der Waals surface area (Å²) in [5.41, 5.74) is 2.44. The molecule has 20 heavy (non-hydrogen) atoms. The number of rotatable bonds is 5. The molecule has 0 amide bonds. The van der Waals surface area contributed by atoms with Crippen molar-refractivity contribution >= 4 is 6.08 Å². The van der Waals surface area contributed by atoms with Gasteiger partial charge < -0.3 is 10.1 Å². The monoisotopic (exact) mass is 269 g/mol. The molecule has 2 heterocycles. The second kappa shape index (κ2) is 5.92. The molecule has 1 aliphatic rings. The Hall–Kier alpha value is -2.07. The van der Waals surface area contributed by atoms with Gasteiger partial charge in [-0.15, -0.1) is 0 Å². The van der Waals surface area contributed by atoms with Crippen LogP contribution in [-0.2, 0) is 6.54 Å². The van der Waals surface area contributed by atoms with Gasteiger partial charge in [-0.3, -0.25) is 4.68 Å². The molecule has 1 aromatic carbocycles. The molecule has 0 spiro atoms. The predicted molar refractivity (Wildman–Crippen MR) is 79.6 cm³/mol. The van der Waals surface area contributed by atoms with Crippen LogP contribution in [0, 0.1) is 0 Å². The van der Waals surface area contributed by atoms with E-state index in [2.05, 4.69) is 29.5 Å². The lowest BCUT2D eigenvalue weighted by Crippen LogP contribution is -2.33. The number of hydrogen-bond acceptors (Lipinski definition) is 3. The molecule has 0 saturated heterocycles. The lowest BCUT2D eigenvalue weighted by atomic mass is 10.1. The highest BCUT2D eigenvalue weighted by atomic mass is 16.5. The summed E-state index contributed by atoms with van der Waals surface area (Å²) in [7, 11) is 0. The summed E-state index contributed by atoms with van der Waals surface area (Å²) in [5, 5.41) is 7.73. The van der Waals surface area contributed by atoms with Crippen LogP contribution in [0.25, 0.3) is 6.08 Å². The van der Waals surface area contributed by atoms with Gasteiger partial charge >= 0.3 is 0 Å². The molecule has 2 aromatic rings. The van der Waals surface area contributed by atoms with E-state index in [9.17, 15) is 0 Å². The Morgan fingerprint density at radius 3 is 3.10 bits per heavy atom. The van der Waals surface area contributed by atoms with Crippen molar-refractivity contribution in [3.8, 4) is 5.75 Å². The number of ether oxygens (including phenoxy) is 1. The van der Waals surface area contributed by atoms with E-state index in [0.29, 0.717) is 12.6 Å². The van der Waals surface area contributed by atoms with Crippen LogP contribution < -0.4 is 10.1 Å². The Morgan fingerprint density at radius 1 is 1.35 bits per heavy atom. The molecule has 0 fully saturated rings. The molecule has 1 aliphatic heterocycles. The maximum Gasteiger partial charge on any atom is 0.127 e. The van der Waals surface area contributed by atoms with Gasteiger partial charge in [-0.1, -0.05) is 18.2 Å². The van der Waals surface area contributed by atoms with Gasteiger partial charge in [0.1, 0.15) is 12.4 Å². The van der Waals surface area contributed by atoms with Crippen molar-refractivity contribution in [1.29, 1.82) is 0 Å². The Labute approximate surface area is 119 Å². The lowest BCUT2D eigenvalue weighted by molar-refractivity contribution is 0.339. The molecule has 1 aromatic heterocycles. The summed E-state index contributed by atoms with van der Waals surface area (Å²) in [6.07, 6.45) is 6.00. The summed E-state index contributed by atoms with van der Waals surface area (Å²) < 4.78 is 7.69. The molecule has 0 saturated carbocycles. The zero-order chi connectivity index (χ0) is 13.8. The molecule has 1 atom stereocenters. The number of benzene rings is 1. The third-order valence-electron chi connectivity index (χ3n) is 3.39. The number of aromatic nitrogens is 2. The van der Waals surface area contributed by atoms with Gasteiger partial charge in [0.25, 0.3) is 0 Å². The van der Waals surface area contributed by atoms with Gasteiger partial charge in [0.15, 0.2) is 0 Å². The van der Waals surface area contributed by atoms with Gasteiger partial charge in [0.05, 0.1) is 6.54 Å². The standard InChI is InChI=1S/C16H19N3O/c1-13(11-19-8-4-7-18-19)17-10-14-9-15-5-2-3-6-16(15)20-12-14/h2-9,13,17H,10-12H2,1H3/t13-/m1/s1. The molecule has 104 valence electrons. The predicted octanol–water partition coefficient (Wildman–Crippen LogP) is 2.34. The Bertz CT molecular complexity index is 590. The number of para-hydroxylation sites is 1. The molecule has 0 unspecified atom stereocenters. The topological polar surface area (TPSA) is 39.1 Å². The first-order valence-electron chi connectivity index (χ1n) is 6.93. The first-order valence-corrected chi connectivity index (χ1v) is 6.93. The average Bonchev–Trinajstić information content (AvgIpc) is 2.98. The summed E-state index contributed by atoms with van der Waals surface area (Å²) in [6.45, 7) is 4.55. The lowest BCUT2D eigenvalue weighted by Gasteiger charge is -2.20. The summed E-state index contributed by atoms with van der Waals surface area (Å²) in [4.78, 5) is 0. The Kier molecular flexibility index (Phi) is 3.83. The number of fused-ring (bicyclic) bond motifs is 1. The highest BCUT2D eigenvalue weighted by molar-refractivity contribution is 5.62. The Balaban J connectivity index is 1.55. The number of nitrogens with one attached hydrogen (secondary N) is 1. The first-order chi connectivity index (χ1) is 9.81. The van der Waals surface area contributed by atoms with Crippen molar-refractivity contribution in [2.24, 2.45) is 0 Å². The van der Waals surface area contributed by atoms with Gasteiger partial charge in [0.2, 0.25) is 0 Å². The van der Waals surface area contributed by atoms with Crippen molar-refractivity contribution in [3.63, 3.8) is 0 Å². The zero-order valence-corrected chi connectivity index (χ0v) is 11.6. The quantitative estimate of drug-likeness (QED) is 0.905. The largest absolute Gasteiger partial charge is 0.489 e. The molecule has 0 aliphatic carbocycles. The van der Waals surface area contributed by atoms with Crippen LogP contribution in [0.1, 0.15) is 12.5 Å². The highest BCUT2D eigenvalue weighted by Crippen LogP contribution is 2.25. The first kappa shape index (κ1) is 12.9. The average molecular weight is 269 g/mol. The fourth-order valence-corrected chi connectivity index (χ4v) is 2.32. The van der Waals surface area contributed by atoms with Crippen LogP contribution in [0.5, 0.6) is 5.75 Å². The summed E-state index contributed by atoms with van der Waals surface area (Å²) in [6, 6.07) is 10.4. The molecule has 3 rings (SSSR count). The minimum atomic E-state index is 0.368. The van der Waals surface area contributed by atoms with Crippen molar-refractivity contribution in [2.75, 3.05) is 13.2 Å².